The molecule has 0 spiro atoms. The summed E-state index contributed by atoms with van der Waals surface area (Å²) in [6, 6.07) is 12.8. The number of fused-ring (bicyclic) bond motifs is 2. The van der Waals surface area contributed by atoms with Crippen LogP contribution in [0.15, 0.2) is 45.5 Å². The van der Waals surface area contributed by atoms with Crippen LogP contribution in [0.5, 0.6) is 0 Å². The summed E-state index contributed by atoms with van der Waals surface area (Å²) in [5, 5.41) is 9.57. The van der Waals surface area contributed by atoms with E-state index in [1.807, 2.05) is 36.4 Å². The molecule has 2 aliphatic rings. The van der Waals surface area contributed by atoms with Crippen molar-refractivity contribution < 1.29 is 9.59 Å². The Hall–Kier alpha value is -1.83. The number of carbonyl (C=O) groups excluding carboxylic acids is 2. The van der Waals surface area contributed by atoms with E-state index in [0.717, 1.165) is 32.5 Å². The number of hydrogen-bond acceptors (Lipinski definition) is 5. The average molecular weight is 388 g/mol. The van der Waals surface area contributed by atoms with Gasteiger partial charge in [0.2, 0.25) is 5.91 Å². The Morgan fingerprint density at radius 2 is 2.04 bits per heavy atom. The summed E-state index contributed by atoms with van der Waals surface area (Å²) in [5.41, 5.74) is 0.789. The van der Waals surface area contributed by atoms with E-state index in [9.17, 15) is 9.59 Å². The first-order valence-corrected chi connectivity index (χ1v) is 10.4. The van der Waals surface area contributed by atoms with Gasteiger partial charge in [-0.1, -0.05) is 23.9 Å². The molecule has 2 aliphatic heterocycles. The van der Waals surface area contributed by atoms with Gasteiger partial charge in [0.15, 0.2) is 0 Å². The molecule has 5 nitrogen and oxygen atoms in total. The van der Waals surface area contributed by atoms with E-state index in [4.69, 9.17) is 0 Å². The first-order valence-electron chi connectivity index (χ1n) is 8.80. The monoisotopic (exact) mass is 387 g/mol. The molecule has 7 heteroatoms. The van der Waals surface area contributed by atoms with Crippen molar-refractivity contribution in [1.82, 2.24) is 10.6 Å². The highest BCUT2D eigenvalue weighted by molar-refractivity contribution is 8.01. The molecule has 2 fully saturated rings. The van der Waals surface area contributed by atoms with E-state index in [-0.39, 0.29) is 17.9 Å². The van der Waals surface area contributed by atoms with Crippen molar-refractivity contribution in [2.75, 3.05) is 5.32 Å². The van der Waals surface area contributed by atoms with Gasteiger partial charge < -0.3 is 16.0 Å². The van der Waals surface area contributed by atoms with Crippen molar-refractivity contribution >= 4 is 40.6 Å². The zero-order chi connectivity index (χ0) is 18.1. The lowest BCUT2D eigenvalue weighted by molar-refractivity contribution is -0.114. The second kappa shape index (κ2) is 7.42. The second-order valence-electron chi connectivity index (χ2n) is 6.76. The average Bonchev–Trinajstić information content (AvgIpc) is 3.33. The summed E-state index contributed by atoms with van der Waals surface area (Å²) in [5.74, 6) is -0.0832. The number of benzene rings is 1. The highest BCUT2D eigenvalue weighted by Gasteiger charge is 2.39. The van der Waals surface area contributed by atoms with Crippen molar-refractivity contribution in [3.63, 3.8) is 0 Å². The number of carbonyl (C=O) groups is 2. The van der Waals surface area contributed by atoms with Crippen LogP contribution in [0, 0.1) is 0 Å². The summed E-state index contributed by atoms with van der Waals surface area (Å²) >= 11 is 3.05. The zero-order valence-corrected chi connectivity index (χ0v) is 16.1. The third-order valence-corrected chi connectivity index (χ3v) is 7.12. The summed E-state index contributed by atoms with van der Waals surface area (Å²) in [6.45, 7) is 1.50. The maximum Gasteiger partial charge on any atom is 0.261 e. The molecule has 3 N–H and O–H groups in total. The fourth-order valence-corrected chi connectivity index (χ4v) is 5.75. The number of para-hydroxylation sites is 1. The van der Waals surface area contributed by atoms with Gasteiger partial charge >= 0.3 is 0 Å². The van der Waals surface area contributed by atoms with Gasteiger partial charge in [0.05, 0.1) is 14.8 Å². The van der Waals surface area contributed by atoms with Crippen LogP contribution >= 0.6 is 23.1 Å². The third-order valence-electron chi connectivity index (χ3n) is 4.83. The number of rotatable bonds is 5. The van der Waals surface area contributed by atoms with Crippen LogP contribution in [0.2, 0.25) is 0 Å². The van der Waals surface area contributed by atoms with Gasteiger partial charge in [-0.25, -0.2) is 0 Å². The van der Waals surface area contributed by atoms with Crippen LogP contribution in [0.4, 0.5) is 5.69 Å². The third kappa shape index (κ3) is 3.79. The van der Waals surface area contributed by atoms with Crippen LogP contribution in [0.25, 0.3) is 0 Å². The van der Waals surface area contributed by atoms with Gasteiger partial charge in [-0.2, -0.15) is 0 Å². The Morgan fingerprint density at radius 1 is 1.19 bits per heavy atom. The lowest BCUT2D eigenvalue weighted by atomic mass is 9.95. The molecule has 2 bridgehead atoms. The molecule has 0 aliphatic carbocycles. The Morgan fingerprint density at radius 3 is 2.77 bits per heavy atom. The molecule has 0 unspecified atom stereocenters. The molecule has 3 atom stereocenters. The van der Waals surface area contributed by atoms with Crippen LogP contribution in [0.1, 0.15) is 35.9 Å². The lowest BCUT2D eigenvalue weighted by Gasteiger charge is -2.20. The van der Waals surface area contributed by atoms with E-state index >= 15 is 0 Å². The van der Waals surface area contributed by atoms with E-state index in [1.165, 1.54) is 24.7 Å². The topological polar surface area (TPSA) is 70.2 Å². The predicted octanol–water partition coefficient (Wildman–Crippen LogP) is 3.48. The number of hydrogen-bond donors (Lipinski definition) is 3. The smallest absolute Gasteiger partial charge is 0.261 e. The Balaban J connectivity index is 1.42. The number of thiophene rings is 1. The minimum Gasteiger partial charge on any atom is -0.347 e. The summed E-state index contributed by atoms with van der Waals surface area (Å²) in [6.07, 6.45) is 3.42. The van der Waals surface area contributed by atoms with Gasteiger partial charge in [-0.3, -0.25) is 9.59 Å². The fourth-order valence-electron chi connectivity index (χ4n) is 3.68. The molecule has 1 aromatic carbocycles. The number of anilines is 1. The van der Waals surface area contributed by atoms with Gasteiger partial charge in [0.25, 0.3) is 5.91 Å². The molecular formula is C19H21N3O2S2. The standard InChI is InChI=1S/C19H21N3O2S2/c1-11(23)20-14-4-2-3-5-16(14)25-18-9-8-17(26-18)19(24)22-15-10-12-6-7-13(15)21-12/h2-5,8-9,12-13,15,21H,6-7,10H2,1H3,(H,20,23)(H,22,24)/t12-,13+,15-/m1/s1. The molecular weight excluding hydrogens is 366 g/mol. The van der Waals surface area contributed by atoms with Crippen LogP contribution in [0.3, 0.4) is 0 Å². The first-order chi connectivity index (χ1) is 12.6. The molecule has 3 heterocycles. The largest absolute Gasteiger partial charge is 0.347 e. The molecule has 2 amide bonds. The van der Waals surface area contributed by atoms with Crippen LogP contribution < -0.4 is 16.0 Å². The molecule has 2 aromatic rings. The van der Waals surface area contributed by atoms with Crippen LogP contribution in [-0.4, -0.2) is 29.9 Å². The molecule has 0 radical (unpaired) electrons. The molecule has 136 valence electrons. The zero-order valence-electron chi connectivity index (χ0n) is 14.5. The van der Waals surface area contributed by atoms with Crippen molar-refractivity contribution in [3.8, 4) is 0 Å². The normalized spacial score (nSPS) is 23.8. The van der Waals surface area contributed by atoms with Gasteiger partial charge in [0, 0.05) is 29.9 Å². The SMILES string of the molecule is CC(=O)Nc1ccccc1Sc1ccc(C(=O)N[C@@H]2C[C@H]3CC[C@@H]2N3)s1. The number of amides is 2. The van der Waals surface area contributed by atoms with Crippen molar-refractivity contribution in [3.05, 3.63) is 41.3 Å². The lowest BCUT2D eigenvalue weighted by Crippen LogP contribution is -2.42. The highest BCUT2D eigenvalue weighted by Crippen LogP contribution is 2.37. The quantitative estimate of drug-likeness (QED) is 0.735. The van der Waals surface area contributed by atoms with E-state index < -0.39 is 0 Å². The molecule has 4 rings (SSSR count). The maximum absolute atomic E-state index is 12.6. The maximum atomic E-state index is 12.6. The van der Waals surface area contributed by atoms with Crippen molar-refractivity contribution in [1.29, 1.82) is 0 Å². The van der Waals surface area contributed by atoms with Crippen molar-refractivity contribution in [2.24, 2.45) is 0 Å². The van der Waals surface area contributed by atoms with Gasteiger partial charge in [0.1, 0.15) is 0 Å². The first kappa shape index (κ1) is 17.6. The van der Waals surface area contributed by atoms with E-state index in [2.05, 4.69) is 16.0 Å². The molecule has 26 heavy (non-hydrogen) atoms. The van der Waals surface area contributed by atoms with Crippen molar-refractivity contribution in [2.45, 2.75) is 53.4 Å². The predicted molar refractivity (Wildman–Crippen MR) is 105 cm³/mol. The summed E-state index contributed by atoms with van der Waals surface area (Å²) in [7, 11) is 0. The van der Waals surface area contributed by atoms with Gasteiger partial charge in [-0.15, -0.1) is 11.3 Å². The van der Waals surface area contributed by atoms with Crippen LogP contribution in [-0.2, 0) is 4.79 Å². The van der Waals surface area contributed by atoms with Gasteiger partial charge in [-0.05, 0) is 43.5 Å². The Bertz CT molecular complexity index is 836. The highest BCUT2D eigenvalue weighted by atomic mass is 32.2. The van der Waals surface area contributed by atoms with E-state index in [1.54, 1.807) is 11.8 Å². The molecule has 0 saturated carbocycles. The number of nitrogens with one attached hydrogen (secondary N) is 3. The summed E-state index contributed by atoms with van der Waals surface area (Å²) in [4.78, 5) is 25.6. The second-order valence-corrected chi connectivity index (χ2v) is 9.19. The molecule has 1 aromatic heterocycles. The Labute approximate surface area is 160 Å². The summed E-state index contributed by atoms with van der Waals surface area (Å²) < 4.78 is 1.03. The molecule has 2 saturated heterocycles. The fraction of sp³-hybridized carbons (Fsp3) is 0.368. The minimum atomic E-state index is -0.0937. The Kier molecular flexibility index (Phi) is 5.02. The minimum absolute atomic E-state index is 0.0105. The van der Waals surface area contributed by atoms with E-state index in [0.29, 0.717) is 12.1 Å².